The van der Waals surface area contributed by atoms with Gasteiger partial charge in [0.05, 0.1) is 16.7 Å². The molecule has 0 N–H and O–H groups in total. The minimum absolute atomic E-state index is 0.0705. The molecule has 0 aliphatic heterocycles. The van der Waals surface area contributed by atoms with E-state index < -0.39 is 0 Å². The largest absolute Gasteiger partial charge is 0.489 e. The Balaban J connectivity index is 1.42. The van der Waals surface area contributed by atoms with Crippen LogP contribution in [0, 0.1) is 5.82 Å². The maximum atomic E-state index is 13.7. The molecule has 0 radical (unpaired) electrons. The molecule has 0 amide bonds. The molecule has 0 saturated heterocycles. The second-order valence-electron chi connectivity index (χ2n) is 7.43. The zero-order valence-corrected chi connectivity index (χ0v) is 16.0. The predicted molar refractivity (Wildman–Crippen MR) is 109 cm³/mol. The van der Waals surface area contributed by atoms with E-state index in [1.54, 1.807) is 35.0 Å². The highest BCUT2D eigenvalue weighted by atomic mass is 19.1. The number of imidazole rings is 1. The van der Waals surface area contributed by atoms with Crippen LogP contribution in [0.2, 0.25) is 0 Å². The first kappa shape index (κ1) is 17.7. The Morgan fingerprint density at radius 2 is 1.97 bits per heavy atom. The van der Waals surface area contributed by atoms with Crippen molar-refractivity contribution in [1.29, 1.82) is 0 Å². The SMILES string of the molecule is Cn1c(C2CC2)nc2ccc(-n3ccc(OCc4ccccc4F)cc3=O)cc21. The number of aryl methyl sites for hydroxylation is 1. The number of fused-ring (bicyclic) bond motifs is 1. The minimum Gasteiger partial charge on any atom is -0.489 e. The number of nitrogens with zero attached hydrogens (tertiary/aromatic N) is 3. The Hall–Kier alpha value is -3.41. The molecule has 4 aromatic rings. The summed E-state index contributed by atoms with van der Waals surface area (Å²) in [5, 5.41) is 0. The molecule has 0 bridgehead atoms. The van der Waals surface area contributed by atoms with E-state index in [0.29, 0.717) is 17.2 Å². The van der Waals surface area contributed by atoms with Crippen molar-refractivity contribution in [3.63, 3.8) is 0 Å². The van der Waals surface area contributed by atoms with Crippen LogP contribution in [0.3, 0.4) is 0 Å². The molecule has 1 aliphatic rings. The van der Waals surface area contributed by atoms with E-state index >= 15 is 0 Å². The average molecular weight is 389 g/mol. The van der Waals surface area contributed by atoms with Gasteiger partial charge in [0.15, 0.2) is 0 Å². The Morgan fingerprint density at radius 1 is 1.14 bits per heavy atom. The molecule has 1 aliphatic carbocycles. The highest BCUT2D eigenvalue weighted by molar-refractivity contribution is 5.78. The molecule has 0 spiro atoms. The van der Waals surface area contributed by atoms with Gasteiger partial charge in [0.2, 0.25) is 0 Å². The van der Waals surface area contributed by atoms with Crippen molar-refractivity contribution in [3.8, 4) is 11.4 Å². The normalized spacial score (nSPS) is 13.7. The van der Waals surface area contributed by atoms with Gasteiger partial charge in [-0.3, -0.25) is 9.36 Å². The Morgan fingerprint density at radius 3 is 2.72 bits per heavy atom. The second-order valence-corrected chi connectivity index (χ2v) is 7.43. The fourth-order valence-corrected chi connectivity index (χ4v) is 3.59. The lowest BCUT2D eigenvalue weighted by Crippen LogP contribution is -2.16. The standard InChI is InChI=1S/C23H20FN3O2/c1-26-21-12-17(8-9-20(21)25-23(26)15-6-7-15)27-11-10-18(13-22(27)28)29-14-16-4-2-3-5-19(16)24/h2-5,8-13,15H,6-7,14H2,1H3. The van der Waals surface area contributed by atoms with Gasteiger partial charge in [-0.05, 0) is 43.2 Å². The Bertz CT molecular complexity index is 1270. The summed E-state index contributed by atoms with van der Waals surface area (Å²) in [7, 11) is 2.02. The van der Waals surface area contributed by atoms with Gasteiger partial charge < -0.3 is 9.30 Å². The molecule has 1 fully saturated rings. The third kappa shape index (κ3) is 3.31. The molecule has 5 rings (SSSR count). The highest BCUT2D eigenvalue weighted by Crippen LogP contribution is 2.40. The first-order valence-corrected chi connectivity index (χ1v) is 9.66. The number of aromatic nitrogens is 3. The fraction of sp³-hybridized carbons (Fsp3) is 0.217. The third-order valence-electron chi connectivity index (χ3n) is 5.36. The quantitative estimate of drug-likeness (QED) is 0.511. The molecule has 6 heteroatoms. The lowest BCUT2D eigenvalue weighted by atomic mass is 10.2. The van der Waals surface area contributed by atoms with Crippen molar-refractivity contribution in [2.24, 2.45) is 7.05 Å². The Labute approximate surface area is 167 Å². The summed E-state index contributed by atoms with van der Waals surface area (Å²) in [6.45, 7) is 0.0705. The van der Waals surface area contributed by atoms with Gasteiger partial charge >= 0.3 is 0 Å². The minimum atomic E-state index is -0.323. The van der Waals surface area contributed by atoms with Gasteiger partial charge in [-0.25, -0.2) is 9.37 Å². The van der Waals surface area contributed by atoms with Gasteiger partial charge in [0.25, 0.3) is 5.56 Å². The lowest BCUT2D eigenvalue weighted by Gasteiger charge is -2.10. The number of hydrogen-bond acceptors (Lipinski definition) is 3. The molecular weight excluding hydrogens is 369 g/mol. The lowest BCUT2D eigenvalue weighted by molar-refractivity contribution is 0.299. The summed E-state index contributed by atoms with van der Waals surface area (Å²) in [5.41, 5.74) is 2.96. The van der Waals surface area contributed by atoms with E-state index in [0.717, 1.165) is 22.5 Å². The molecule has 29 heavy (non-hydrogen) atoms. The number of ether oxygens (including phenoxy) is 1. The molecule has 0 atom stereocenters. The zero-order chi connectivity index (χ0) is 20.0. The Kier molecular flexibility index (Phi) is 4.19. The summed E-state index contributed by atoms with van der Waals surface area (Å²) >= 11 is 0. The molecule has 2 aromatic carbocycles. The van der Waals surface area contributed by atoms with Gasteiger partial charge in [-0.15, -0.1) is 0 Å². The van der Waals surface area contributed by atoms with Crippen LogP contribution in [0.15, 0.2) is 65.6 Å². The number of rotatable bonds is 5. The maximum Gasteiger partial charge on any atom is 0.258 e. The second kappa shape index (κ2) is 6.88. The molecule has 146 valence electrons. The highest BCUT2D eigenvalue weighted by Gasteiger charge is 2.28. The van der Waals surface area contributed by atoms with Crippen molar-refractivity contribution in [1.82, 2.24) is 14.1 Å². The molecule has 0 unspecified atom stereocenters. The van der Waals surface area contributed by atoms with Crippen molar-refractivity contribution in [3.05, 3.63) is 88.4 Å². The molecule has 2 heterocycles. The molecule has 2 aromatic heterocycles. The van der Waals surface area contributed by atoms with Crippen LogP contribution in [-0.4, -0.2) is 14.1 Å². The van der Waals surface area contributed by atoms with Crippen LogP contribution in [0.4, 0.5) is 4.39 Å². The molecular formula is C23H20FN3O2. The van der Waals surface area contributed by atoms with Gasteiger partial charge in [0, 0.05) is 30.8 Å². The van der Waals surface area contributed by atoms with Crippen molar-refractivity contribution in [2.45, 2.75) is 25.4 Å². The van der Waals surface area contributed by atoms with E-state index in [2.05, 4.69) is 4.57 Å². The van der Waals surface area contributed by atoms with E-state index in [4.69, 9.17) is 9.72 Å². The fourth-order valence-electron chi connectivity index (χ4n) is 3.59. The summed E-state index contributed by atoms with van der Waals surface area (Å²) in [6.07, 6.45) is 4.06. The van der Waals surface area contributed by atoms with Crippen molar-refractivity contribution < 1.29 is 9.13 Å². The molecule has 5 nitrogen and oxygen atoms in total. The summed E-state index contributed by atoms with van der Waals surface area (Å²) in [5.74, 6) is 1.76. The van der Waals surface area contributed by atoms with Gasteiger partial charge in [0.1, 0.15) is 24.0 Å². The molecule has 1 saturated carbocycles. The van der Waals surface area contributed by atoms with Crippen molar-refractivity contribution in [2.75, 3.05) is 0 Å². The number of benzene rings is 2. The summed E-state index contributed by atoms with van der Waals surface area (Å²) in [4.78, 5) is 17.4. The third-order valence-corrected chi connectivity index (χ3v) is 5.36. The van der Waals surface area contributed by atoms with E-state index in [9.17, 15) is 9.18 Å². The first-order chi connectivity index (χ1) is 14.1. The zero-order valence-electron chi connectivity index (χ0n) is 16.0. The van der Waals surface area contributed by atoms with Crippen LogP contribution < -0.4 is 10.3 Å². The van der Waals surface area contributed by atoms with Gasteiger partial charge in [-0.1, -0.05) is 18.2 Å². The van der Waals surface area contributed by atoms with Crippen LogP contribution in [0.5, 0.6) is 5.75 Å². The maximum absolute atomic E-state index is 13.7. The topological polar surface area (TPSA) is 49.0 Å². The smallest absolute Gasteiger partial charge is 0.258 e. The summed E-state index contributed by atoms with van der Waals surface area (Å²) < 4.78 is 23.0. The number of halogens is 1. The van der Waals surface area contributed by atoms with E-state index in [1.165, 1.54) is 25.0 Å². The van der Waals surface area contributed by atoms with Crippen LogP contribution in [0.25, 0.3) is 16.7 Å². The van der Waals surface area contributed by atoms with Crippen molar-refractivity contribution >= 4 is 11.0 Å². The number of hydrogen-bond donors (Lipinski definition) is 0. The first-order valence-electron chi connectivity index (χ1n) is 9.66. The number of pyridine rings is 1. The van der Waals surface area contributed by atoms with E-state index in [-0.39, 0.29) is 18.0 Å². The van der Waals surface area contributed by atoms with Crippen LogP contribution >= 0.6 is 0 Å². The van der Waals surface area contributed by atoms with E-state index in [1.807, 2.05) is 25.2 Å². The van der Waals surface area contributed by atoms with Crippen LogP contribution in [-0.2, 0) is 13.7 Å². The monoisotopic (exact) mass is 389 g/mol. The van der Waals surface area contributed by atoms with Gasteiger partial charge in [-0.2, -0.15) is 0 Å². The summed E-state index contributed by atoms with van der Waals surface area (Å²) in [6, 6.07) is 15.4. The predicted octanol–water partition coefficient (Wildman–Crippen LogP) is 4.32. The van der Waals surface area contributed by atoms with Crippen LogP contribution in [0.1, 0.15) is 30.1 Å². The average Bonchev–Trinajstić information content (AvgIpc) is 3.51.